The summed E-state index contributed by atoms with van der Waals surface area (Å²) in [4.78, 5) is 30.4. The highest BCUT2D eigenvalue weighted by molar-refractivity contribution is 5.93. The maximum Gasteiger partial charge on any atom is 0.335 e. The molecule has 0 amide bonds. The fraction of sp³-hybridized carbons (Fsp3) is 0. The number of H-pyrrole nitrogens is 2. The average molecular weight is 395 g/mol. The molecule has 5 rings (SSSR count). The van der Waals surface area contributed by atoms with Gasteiger partial charge in [0.25, 0.3) is 0 Å². The van der Waals surface area contributed by atoms with Gasteiger partial charge in [-0.05, 0) is 35.4 Å². The Kier molecular flexibility index (Phi) is 4.10. The summed E-state index contributed by atoms with van der Waals surface area (Å²) in [6.07, 6.45) is 0. The highest BCUT2D eigenvalue weighted by atomic mass is 16.4. The number of hydrogen-bond acceptors (Lipinski definition) is 2. The maximum atomic E-state index is 12.9. The lowest BCUT2D eigenvalue weighted by Gasteiger charge is -2.06. The largest absolute Gasteiger partial charge is 0.478 e. The smallest absolute Gasteiger partial charge is 0.335 e. The van der Waals surface area contributed by atoms with Crippen LogP contribution in [0.1, 0.15) is 10.4 Å². The average Bonchev–Trinajstić information content (AvgIpc) is 3.34. The van der Waals surface area contributed by atoms with Crippen LogP contribution in [0.15, 0.2) is 89.7 Å². The van der Waals surface area contributed by atoms with Crippen LogP contribution in [0.3, 0.4) is 0 Å². The van der Waals surface area contributed by atoms with Crippen LogP contribution in [0, 0.1) is 0 Å². The Hall–Kier alpha value is -4.32. The van der Waals surface area contributed by atoms with Gasteiger partial charge in [0, 0.05) is 11.3 Å². The van der Waals surface area contributed by atoms with Crippen LogP contribution in [-0.2, 0) is 0 Å². The molecule has 0 saturated carbocycles. The lowest BCUT2D eigenvalue weighted by atomic mass is 10.1. The van der Waals surface area contributed by atoms with Crippen LogP contribution in [0.2, 0.25) is 0 Å². The van der Waals surface area contributed by atoms with E-state index in [1.807, 2.05) is 66.7 Å². The number of aromatic carboxylic acids is 1. The molecule has 3 aromatic carbocycles. The van der Waals surface area contributed by atoms with E-state index in [2.05, 4.69) is 9.97 Å². The molecule has 0 unspecified atom stereocenters. The topological polar surface area (TPSA) is 90.9 Å². The Morgan fingerprint density at radius 1 is 0.800 bits per heavy atom. The number of aromatic nitrogens is 3. The lowest BCUT2D eigenvalue weighted by molar-refractivity contribution is 0.0697. The van der Waals surface area contributed by atoms with Gasteiger partial charge in [-0.25, -0.2) is 14.2 Å². The van der Waals surface area contributed by atoms with Crippen LogP contribution in [0.25, 0.3) is 39.2 Å². The summed E-state index contributed by atoms with van der Waals surface area (Å²) in [5.74, 6) is -0.416. The minimum Gasteiger partial charge on any atom is -0.478 e. The number of rotatable bonds is 4. The Labute approximate surface area is 171 Å². The summed E-state index contributed by atoms with van der Waals surface area (Å²) < 4.78 is 1.55. The first-order chi connectivity index (χ1) is 14.6. The third kappa shape index (κ3) is 2.91. The van der Waals surface area contributed by atoms with Crippen molar-refractivity contribution in [1.82, 2.24) is 14.5 Å². The summed E-state index contributed by atoms with van der Waals surface area (Å²) in [6.45, 7) is 0. The van der Waals surface area contributed by atoms with E-state index in [9.17, 15) is 14.7 Å². The van der Waals surface area contributed by atoms with Crippen molar-refractivity contribution in [3.05, 3.63) is 101 Å². The van der Waals surface area contributed by atoms with Gasteiger partial charge in [0.15, 0.2) is 0 Å². The molecule has 2 heterocycles. The molecule has 0 saturated heterocycles. The molecule has 0 radical (unpaired) electrons. The molecule has 2 aromatic heterocycles. The van der Waals surface area contributed by atoms with Gasteiger partial charge in [0.05, 0.1) is 16.6 Å². The minimum absolute atomic E-state index is 0.121. The van der Waals surface area contributed by atoms with Crippen molar-refractivity contribution in [2.24, 2.45) is 0 Å². The number of carbonyl (C=O) groups is 1. The monoisotopic (exact) mass is 395 g/mol. The van der Waals surface area contributed by atoms with E-state index in [0.29, 0.717) is 16.9 Å². The van der Waals surface area contributed by atoms with Crippen molar-refractivity contribution in [3.63, 3.8) is 0 Å². The van der Waals surface area contributed by atoms with E-state index in [1.165, 1.54) is 12.1 Å². The fourth-order valence-electron chi connectivity index (χ4n) is 3.70. The number of carboxylic acid groups (broad SMARTS) is 1. The maximum absolute atomic E-state index is 12.9. The second-order valence-corrected chi connectivity index (χ2v) is 6.98. The quantitative estimate of drug-likeness (QED) is 0.413. The van der Waals surface area contributed by atoms with E-state index in [0.717, 1.165) is 22.4 Å². The van der Waals surface area contributed by atoms with E-state index in [-0.39, 0.29) is 11.3 Å². The number of hydrogen-bond donors (Lipinski definition) is 3. The van der Waals surface area contributed by atoms with Crippen molar-refractivity contribution >= 4 is 17.0 Å². The molecule has 0 aliphatic heterocycles. The lowest BCUT2D eigenvalue weighted by Crippen LogP contribution is -2.15. The molecule has 0 aliphatic rings. The van der Waals surface area contributed by atoms with Crippen molar-refractivity contribution in [1.29, 1.82) is 0 Å². The first-order valence-electron chi connectivity index (χ1n) is 9.44. The number of nitrogens with zero attached hydrogens (tertiary/aromatic N) is 1. The van der Waals surface area contributed by atoms with E-state index in [4.69, 9.17) is 0 Å². The van der Waals surface area contributed by atoms with Gasteiger partial charge >= 0.3 is 11.7 Å². The van der Waals surface area contributed by atoms with E-state index in [1.54, 1.807) is 10.6 Å². The molecule has 0 atom stereocenters. The van der Waals surface area contributed by atoms with Crippen LogP contribution in [0.5, 0.6) is 0 Å². The molecule has 6 nitrogen and oxygen atoms in total. The van der Waals surface area contributed by atoms with Gasteiger partial charge in [-0.3, -0.25) is 0 Å². The predicted octanol–water partition coefficient (Wildman–Crippen LogP) is 4.68. The van der Waals surface area contributed by atoms with Gasteiger partial charge in [-0.1, -0.05) is 60.7 Å². The zero-order valence-corrected chi connectivity index (χ0v) is 15.8. The van der Waals surface area contributed by atoms with Crippen LogP contribution in [-0.4, -0.2) is 25.6 Å². The number of carboxylic acids is 1. The predicted molar refractivity (Wildman–Crippen MR) is 116 cm³/mol. The Morgan fingerprint density at radius 3 is 2.13 bits per heavy atom. The van der Waals surface area contributed by atoms with Crippen molar-refractivity contribution in [2.45, 2.75) is 0 Å². The molecule has 0 fully saturated rings. The molecule has 0 spiro atoms. The first-order valence-corrected chi connectivity index (χ1v) is 9.44. The second-order valence-electron chi connectivity index (χ2n) is 6.98. The Bertz CT molecular complexity index is 1430. The zero-order chi connectivity index (χ0) is 20.7. The van der Waals surface area contributed by atoms with Crippen LogP contribution in [0.4, 0.5) is 0 Å². The van der Waals surface area contributed by atoms with Gasteiger partial charge in [-0.15, -0.1) is 0 Å². The summed E-state index contributed by atoms with van der Waals surface area (Å²) in [6, 6.07) is 26.3. The summed E-state index contributed by atoms with van der Waals surface area (Å²) in [5, 5.41) is 9.25. The van der Waals surface area contributed by atoms with Crippen LogP contribution >= 0.6 is 0 Å². The molecule has 0 aliphatic carbocycles. The number of nitrogens with one attached hydrogen (secondary N) is 2. The van der Waals surface area contributed by atoms with E-state index >= 15 is 0 Å². The number of fused-ring (bicyclic) bond motifs is 1. The fourth-order valence-corrected chi connectivity index (χ4v) is 3.70. The molecule has 146 valence electrons. The van der Waals surface area contributed by atoms with Gasteiger partial charge in [0.2, 0.25) is 0 Å². The number of aromatic amines is 2. The summed E-state index contributed by atoms with van der Waals surface area (Å²) in [7, 11) is 0. The van der Waals surface area contributed by atoms with Crippen LogP contribution < -0.4 is 5.69 Å². The summed E-state index contributed by atoms with van der Waals surface area (Å²) in [5.41, 5.74) is 4.57. The zero-order valence-electron chi connectivity index (χ0n) is 15.8. The minimum atomic E-state index is -1.04. The van der Waals surface area contributed by atoms with Gasteiger partial charge in [0.1, 0.15) is 5.82 Å². The van der Waals surface area contributed by atoms with Gasteiger partial charge in [-0.2, -0.15) is 0 Å². The summed E-state index contributed by atoms with van der Waals surface area (Å²) >= 11 is 0. The van der Waals surface area contributed by atoms with Crippen molar-refractivity contribution < 1.29 is 9.90 Å². The molecule has 3 N–H and O–H groups in total. The molecular formula is C24H17N3O3. The molecular weight excluding hydrogens is 378 g/mol. The number of benzene rings is 3. The highest BCUT2D eigenvalue weighted by Crippen LogP contribution is 2.32. The third-order valence-electron chi connectivity index (χ3n) is 5.12. The highest BCUT2D eigenvalue weighted by Gasteiger charge is 2.18. The SMILES string of the molecule is O=C(O)c1ccc2c(c1)[nH]c(=O)n2-c1[nH]c(-c2ccccc2)cc1-c1ccccc1. The third-order valence-corrected chi connectivity index (χ3v) is 5.12. The first kappa shape index (κ1) is 17.8. The van der Waals surface area contributed by atoms with Gasteiger partial charge < -0.3 is 15.1 Å². The molecule has 0 bridgehead atoms. The molecule has 30 heavy (non-hydrogen) atoms. The molecule has 6 heteroatoms. The van der Waals surface area contributed by atoms with Crippen molar-refractivity contribution in [2.75, 3.05) is 0 Å². The second kappa shape index (κ2) is 6.93. The number of imidazole rings is 1. The standard InChI is InChI=1S/C24H17N3O3/c28-23(29)17-11-12-21-20(13-17)26-24(30)27(21)22-18(15-7-3-1-4-8-15)14-19(25-22)16-9-5-2-6-10-16/h1-14,25H,(H,26,30)(H,28,29). The Balaban J connectivity index is 1.78. The van der Waals surface area contributed by atoms with E-state index < -0.39 is 5.97 Å². The normalized spacial score (nSPS) is 11.1. The molecule has 5 aromatic rings. The van der Waals surface area contributed by atoms with Crippen molar-refractivity contribution in [3.8, 4) is 28.2 Å². The Morgan fingerprint density at radius 2 is 1.47 bits per heavy atom.